The first-order valence-corrected chi connectivity index (χ1v) is 24.9. The zero-order chi connectivity index (χ0) is 42.7. The molecule has 0 aromatic rings. The molecule has 0 radical (unpaired) electrons. The average Bonchev–Trinajstić information content (AvgIpc) is 3.18. The Morgan fingerprint density at radius 1 is 0.569 bits per heavy atom. The van der Waals surface area contributed by atoms with E-state index in [1.807, 2.05) is 0 Å². The van der Waals surface area contributed by atoms with E-state index in [1.54, 1.807) is 0 Å². The van der Waals surface area contributed by atoms with Crippen molar-refractivity contribution in [1.82, 2.24) is 0 Å². The molecule has 13 heteroatoms. The Labute approximate surface area is 352 Å². The Kier molecular flexibility index (Phi) is 33.8. The number of ether oxygens (including phenoxy) is 4. The Morgan fingerprint density at radius 2 is 0.983 bits per heavy atom. The number of aliphatic hydroxyl groups excluding tert-OH is 3. The standard InChI is InChI=1S/C45H84O12S/c1-3-5-7-9-11-13-15-17-18-19-20-21-22-24-25-27-29-31-33-40(46)54-35-38(36-55-45-44(50)43(49)42(48)39(57-45)37-58(51,52)53)56-41(47)34-32-30-28-26-23-16-14-12-10-8-6-4-2/h12,14,38-39,42-45,48-50H,3-11,13,15-37H2,1-2H3,(H,51,52,53)/b14-12-. The van der Waals surface area contributed by atoms with Crippen LogP contribution < -0.4 is 0 Å². The van der Waals surface area contributed by atoms with E-state index in [-0.39, 0.29) is 19.4 Å². The van der Waals surface area contributed by atoms with Crippen LogP contribution in [0.5, 0.6) is 0 Å². The summed E-state index contributed by atoms with van der Waals surface area (Å²) in [5, 5.41) is 30.9. The number of hydrogen-bond donors (Lipinski definition) is 4. The van der Waals surface area contributed by atoms with Gasteiger partial charge >= 0.3 is 11.9 Å². The number of esters is 2. The first-order valence-electron chi connectivity index (χ1n) is 23.2. The van der Waals surface area contributed by atoms with Crippen molar-refractivity contribution < 1.29 is 56.8 Å². The maximum atomic E-state index is 12.8. The van der Waals surface area contributed by atoms with Crippen molar-refractivity contribution in [3.63, 3.8) is 0 Å². The topological polar surface area (TPSA) is 186 Å². The van der Waals surface area contributed by atoms with Crippen molar-refractivity contribution in [1.29, 1.82) is 0 Å². The molecule has 0 spiro atoms. The fourth-order valence-corrected chi connectivity index (χ4v) is 7.89. The lowest BCUT2D eigenvalue weighted by molar-refractivity contribution is -0.297. The molecule has 0 saturated carbocycles. The third-order valence-corrected chi connectivity index (χ3v) is 11.6. The van der Waals surface area contributed by atoms with E-state index < -0.39 is 71.2 Å². The van der Waals surface area contributed by atoms with Crippen LogP contribution in [0.2, 0.25) is 0 Å². The smallest absolute Gasteiger partial charge is 0.306 e. The molecule has 6 atom stereocenters. The lowest BCUT2D eigenvalue weighted by atomic mass is 10.00. The first kappa shape index (κ1) is 54.4. The van der Waals surface area contributed by atoms with Crippen molar-refractivity contribution in [3.8, 4) is 0 Å². The summed E-state index contributed by atoms with van der Waals surface area (Å²) in [4.78, 5) is 25.4. The minimum absolute atomic E-state index is 0.158. The van der Waals surface area contributed by atoms with Crippen LogP contribution in [0.25, 0.3) is 0 Å². The van der Waals surface area contributed by atoms with Gasteiger partial charge in [0.1, 0.15) is 36.8 Å². The molecule has 12 nitrogen and oxygen atoms in total. The highest BCUT2D eigenvalue weighted by Gasteiger charge is 2.46. The number of unbranched alkanes of at least 4 members (excludes halogenated alkanes) is 25. The molecule has 0 bridgehead atoms. The van der Waals surface area contributed by atoms with Crippen molar-refractivity contribution in [2.24, 2.45) is 0 Å². The summed E-state index contributed by atoms with van der Waals surface area (Å²) >= 11 is 0. The van der Waals surface area contributed by atoms with Gasteiger partial charge in [-0.05, 0) is 38.5 Å². The van der Waals surface area contributed by atoms with Crippen LogP contribution in [0, 0.1) is 0 Å². The molecule has 0 aromatic heterocycles. The predicted molar refractivity (Wildman–Crippen MR) is 229 cm³/mol. The van der Waals surface area contributed by atoms with Gasteiger partial charge in [0.05, 0.1) is 6.61 Å². The first-order chi connectivity index (χ1) is 28.0. The molecule has 1 rings (SSSR count). The van der Waals surface area contributed by atoms with Crippen LogP contribution in [0.3, 0.4) is 0 Å². The van der Waals surface area contributed by atoms with E-state index in [9.17, 15) is 37.9 Å². The summed E-state index contributed by atoms with van der Waals surface area (Å²) in [6.45, 7) is 3.74. The number of aliphatic hydroxyl groups is 3. The van der Waals surface area contributed by atoms with E-state index in [0.29, 0.717) is 12.8 Å². The Hall–Kier alpha value is -1.61. The molecule has 0 amide bonds. The maximum Gasteiger partial charge on any atom is 0.306 e. The van der Waals surface area contributed by atoms with E-state index in [2.05, 4.69) is 26.0 Å². The van der Waals surface area contributed by atoms with Crippen LogP contribution in [0.15, 0.2) is 12.2 Å². The molecular weight excluding hydrogens is 765 g/mol. The molecule has 0 aliphatic carbocycles. The molecule has 58 heavy (non-hydrogen) atoms. The monoisotopic (exact) mass is 849 g/mol. The summed E-state index contributed by atoms with van der Waals surface area (Å²) < 4.78 is 54.0. The molecule has 1 aliphatic rings. The van der Waals surface area contributed by atoms with E-state index in [4.69, 9.17) is 18.9 Å². The van der Waals surface area contributed by atoms with Gasteiger partial charge in [-0.15, -0.1) is 0 Å². The number of hydrogen-bond acceptors (Lipinski definition) is 11. The third-order valence-electron chi connectivity index (χ3n) is 10.8. The second kappa shape index (κ2) is 36.1. The highest BCUT2D eigenvalue weighted by molar-refractivity contribution is 7.85. The molecule has 1 aliphatic heterocycles. The van der Waals surface area contributed by atoms with Crippen LogP contribution in [-0.4, -0.2) is 96.0 Å². The minimum atomic E-state index is -4.60. The summed E-state index contributed by atoms with van der Waals surface area (Å²) in [5.41, 5.74) is 0. The average molecular weight is 849 g/mol. The van der Waals surface area contributed by atoms with Crippen molar-refractivity contribution in [3.05, 3.63) is 12.2 Å². The normalized spacial score (nSPS) is 20.4. The number of carbonyl (C=O) groups is 2. The summed E-state index contributed by atoms with van der Waals surface area (Å²) in [7, 11) is -4.60. The molecule has 0 aromatic carbocycles. The largest absolute Gasteiger partial charge is 0.462 e. The van der Waals surface area contributed by atoms with Gasteiger partial charge in [0.25, 0.3) is 10.1 Å². The quantitative estimate of drug-likeness (QED) is 0.0199. The third kappa shape index (κ3) is 30.4. The Bertz CT molecular complexity index is 1130. The highest BCUT2D eigenvalue weighted by atomic mass is 32.2. The zero-order valence-corrected chi connectivity index (χ0v) is 37.2. The van der Waals surface area contributed by atoms with E-state index in [0.717, 1.165) is 57.8 Å². The van der Waals surface area contributed by atoms with Crippen LogP contribution in [0.4, 0.5) is 0 Å². The van der Waals surface area contributed by atoms with Crippen molar-refractivity contribution >= 4 is 22.1 Å². The van der Waals surface area contributed by atoms with Crippen LogP contribution >= 0.6 is 0 Å². The van der Waals surface area contributed by atoms with Gasteiger partial charge in [0.15, 0.2) is 12.4 Å². The molecule has 6 unspecified atom stereocenters. The lowest BCUT2D eigenvalue weighted by Gasteiger charge is -2.40. The SMILES string of the molecule is CCCCC/C=C\CCCCCCCC(=O)OC(COC(=O)CCCCCCCCCCCCCCCCCCCC)COC1OC(CS(=O)(=O)O)C(O)C(O)C1O. The minimum Gasteiger partial charge on any atom is -0.462 e. The summed E-state index contributed by atoms with van der Waals surface area (Å²) in [6.07, 6.45) is 28.3. The molecule has 342 valence electrons. The molecule has 1 saturated heterocycles. The van der Waals surface area contributed by atoms with Gasteiger partial charge in [0, 0.05) is 12.8 Å². The van der Waals surface area contributed by atoms with Gasteiger partial charge in [-0.2, -0.15) is 8.42 Å². The number of allylic oxidation sites excluding steroid dienone is 2. The fraction of sp³-hybridized carbons (Fsp3) is 0.911. The highest BCUT2D eigenvalue weighted by Crippen LogP contribution is 2.24. The lowest BCUT2D eigenvalue weighted by Crippen LogP contribution is -2.60. The van der Waals surface area contributed by atoms with Gasteiger partial charge in [0.2, 0.25) is 0 Å². The van der Waals surface area contributed by atoms with Crippen molar-refractivity contribution in [2.45, 2.75) is 243 Å². The second-order valence-corrected chi connectivity index (χ2v) is 17.9. The summed E-state index contributed by atoms with van der Waals surface area (Å²) in [6, 6.07) is 0. The van der Waals surface area contributed by atoms with E-state index >= 15 is 0 Å². The van der Waals surface area contributed by atoms with Crippen LogP contribution in [-0.2, 0) is 38.7 Å². The zero-order valence-electron chi connectivity index (χ0n) is 36.4. The van der Waals surface area contributed by atoms with Gasteiger partial charge in [-0.25, -0.2) is 0 Å². The predicted octanol–water partition coefficient (Wildman–Crippen LogP) is 9.45. The maximum absolute atomic E-state index is 12.8. The van der Waals surface area contributed by atoms with Gasteiger partial charge < -0.3 is 34.3 Å². The number of carbonyl (C=O) groups excluding carboxylic acids is 2. The van der Waals surface area contributed by atoms with Gasteiger partial charge in [-0.1, -0.05) is 167 Å². The number of rotatable bonds is 39. The molecule has 1 heterocycles. The molecule has 4 N–H and O–H groups in total. The Balaban J connectivity index is 2.40. The van der Waals surface area contributed by atoms with Crippen molar-refractivity contribution in [2.75, 3.05) is 19.0 Å². The second-order valence-electron chi connectivity index (χ2n) is 16.4. The Morgan fingerprint density at radius 3 is 1.47 bits per heavy atom. The fourth-order valence-electron chi connectivity index (χ4n) is 7.20. The summed E-state index contributed by atoms with van der Waals surface area (Å²) in [5.74, 6) is -1.98. The molecular formula is C45H84O12S. The van der Waals surface area contributed by atoms with Crippen LogP contribution in [0.1, 0.15) is 206 Å². The van der Waals surface area contributed by atoms with Gasteiger partial charge in [-0.3, -0.25) is 14.1 Å². The van der Waals surface area contributed by atoms with E-state index in [1.165, 1.54) is 109 Å². The molecule has 1 fully saturated rings.